The number of rotatable bonds is 5. The van der Waals surface area contributed by atoms with E-state index in [1.165, 1.54) is 0 Å². The highest BCUT2D eigenvalue weighted by Gasteiger charge is 2.31. The van der Waals surface area contributed by atoms with E-state index in [-0.39, 0.29) is 12.2 Å². The van der Waals surface area contributed by atoms with Crippen LogP contribution in [-0.2, 0) is 12.7 Å². The lowest BCUT2D eigenvalue weighted by molar-refractivity contribution is -0.137. The average molecular weight is 372 g/mol. The molecule has 2 aromatic carbocycles. The number of benzene rings is 2. The van der Waals surface area contributed by atoms with Crippen LogP contribution < -0.4 is 10.6 Å². The minimum Gasteiger partial charge on any atom is -0.334 e. The summed E-state index contributed by atoms with van der Waals surface area (Å²) < 4.78 is 51.2. The Bertz CT molecular complexity index is 732. The van der Waals surface area contributed by atoms with Crippen molar-refractivity contribution in [2.45, 2.75) is 24.5 Å². The highest BCUT2D eigenvalue weighted by molar-refractivity contribution is 7.99. The number of carbonyl (C=O) groups is 1. The first-order valence-electron chi connectivity index (χ1n) is 7.42. The van der Waals surface area contributed by atoms with Gasteiger partial charge in [-0.05, 0) is 41.6 Å². The van der Waals surface area contributed by atoms with Crippen molar-refractivity contribution < 1.29 is 22.4 Å². The zero-order valence-electron chi connectivity index (χ0n) is 13.3. The minimum atomic E-state index is -4.69. The number of nitrogens with one attached hydrogen (secondary N) is 2. The summed E-state index contributed by atoms with van der Waals surface area (Å²) in [4.78, 5) is 12.9. The molecule has 0 unspecified atom stereocenters. The molecule has 2 N–H and O–H groups in total. The van der Waals surface area contributed by atoms with Gasteiger partial charge in [-0.2, -0.15) is 13.2 Å². The zero-order valence-corrected chi connectivity index (χ0v) is 14.1. The summed E-state index contributed by atoms with van der Waals surface area (Å²) in [7, 11) is 0. The number of anilines is 1. The zero-order chi connectivity index (χ0) is 18.4. The molecule has 0 radical (unpaired) electrons. The number of hydrogen-bond donors (Lipinski definition) is 2. The number of thioether (sulfide) groups is 1. The molecule has 25 heavy (non-hydrogen) atoms. The quantitative estimate of drug-likeness (QED) is 0.554. The number of carbonyl (C=O) groups excluding carboxylic acids is 1. The van der Waals surface area contributed by atoms with Crippen LogP contribution in [0.5, 0.6) is 0 Å². The summed E-state index contributed by atoms with van der Waals surface area (Å²) >= 11 is 1.69. The Morgan fingerprint density at radius 1 is 1.12 bits per heavy atom. The fraction of sp³-hybridized carbons (Fsp3) is 0.235. The molecule has 134 valence electrons. The minimum absolute atomic E-state index is 0.199. The summed E-state index contributed by atoms with van der Waals surface area (Å²) in [6.07, 6.45) is -4.69. The Hall–Kier alpha value is -2.22. The Kier molecular flexibility index (Phi) is 6.30. The van der Waals surface area contributed by atoms with Crippen molar-refractivity contribution in [2.24, 2.45) is 0 Å². The van der Waals surface area contributed by atoms with E-state index in [0.29, 0.717) is 12.1 Å². The predicted octanol–water partition coefficient (Wildman–Crippen LogP) is 5.28. The Balaban J connectivity index is 1.95. The highest BCUT2D eigenvalue weighted by Crippen LogP contribution is 2.31. The van der Waals surface area contributed by atoms with Gasteiger partial charge in [0.1, 0.15) is 5.82 Å². The molecule has 0 saturated heterocycles. The van der Waals surface area contributed by atoms with E-state index < -0.39 is 23.6 Å². The van der Waals surface area contributed by atoms with Crippen LogP contribution in [0.15, 0.2) is 47.4 Å². The molecule has 0 aliphatic rings. The monoisotopic (exact) mass is 372 g/mol. The Morgan fingerprint density at radius 2 is 1.80 bits per heavy atom. The normalized spacial score (nSPS) is 11.2. The maximum absolute atomic E-state index is 13.3. The van der Waals surface area contributed by atoms with E-state index in [9.17, 15) is 22.4 Å². The van der Waals surface area contributed by atoms with Crippen LogP contribution in [0.2, 0.25) is 0 Å². The maximum Gasteiger partial charge on any atom is 0.416 e. The molecule has 0 saturated carbocycles. The topological polar surface area (TPSA) is 41.1 Å². The Morgan fingerprint density at radius 3 is 2.40 bits per heavy atom. The standard InChI is InChI=1S/C17H16F4N2OS/c1-2-25-15-5-3-11(4-6-15)10-22-16(24)23-14-8-12(17(19,20)21)7-13(18)9-14/h3-9H,2,10H2,1H3,(H2,22,23,24). The molecule has 0 bridgehead atoms. The lowest BCUT2D eigenvalue weighted by Crippen LogP contribution is -2.28. The van der Waals surface area contributed by atoms with E-state index in [2.05, 4.69) is 10.6 Å². The van der Waals surface area contributed by atoms with Gasteiger partial charge < -0.3 is 10.6 Å². The molecule has 0 fully saturated rings. The first-order chi connectivity index (χ1) is 11.8. The molecule has 0 heterocycles. The SMILES string of the molecule is CCSc1ccc(CNC(=O)Nc2cc(F)cc(C(F)(F)F)c2)cc1. The number of alkyl halides is 3. The van der Waals surface area contributed by atoms with Crippen molar-refractivity contribution >= 4 is 23.5 Å². The highest BCUT2D eigenvalue weighted by atomic mass is 32.2. The first-order valence-corrected chi connectivity index (χ1v) is 8.41. The van der Waals surface area contributed by atoms with E-state index in [1.54, 1.807) is 11.8 Å². The smallest absolute Gasteiger partial charge is 0.334 e. The molecule has 0 spiro atoms. The molecule has 8 heteroatoms. The predicted molar refractivity (Wildman–Crippen MR) is 90.1 cm³/mol. The molecular weight excluding hydrogens is 356 g/mol. The fourth-order valence-electron chi connectivity index (χ4n) is 2.05. The number of amides is 2. The van der Waals surface area contributed by atoms with Crippen molar-refractivity contribution in [3.8, 4) is 0 Å². The van der Waals surface area contributed by atoms with E-state index in [1.807, 2.05) is 31.2 Å². The lowest BCUT2D eigenvalue weighted by atomic mass is 10.2. The molecule has 0 aliphatic carbocycles. The second-order valence-electron chi connectivity index (χ2n) is 5.11. The van der Waals surface area contributed by atoms with Gasteiger partial charge in [-0.25, -0.2) is 9.18 Å². The second-order valence-corrected chi connectivity index (χ2v) is 6.45. The number of urea groups is 1. The lowest BCUT2D eigenvalue weighted by Gasteiger charge is -2.11. The number of hydrogen-bond acceptors (Lipinski definition) is 2. The van der Waals surface area contributed by atoms with Crippen molar-refractivity contribution in [1.82, 2.24) is 5.32 Å². The summed E-state index contributed by atoms with van der Waals surface area (Å²) in [5.41, 5.74) is -0.586. The third-order valence-electron chi connectivity index (χ3n) is 3.17. The third kappa shape index (κ3) is 5.97. The molecule has 3 nitrogen and oxygen atoms in total. The van der Waals surface area contributed by atoms with Crippen LogP contribution in [-0.4, -0.2) is 11.8 Å². The van der Waals surface area contributed by atoms with Crippen molar-refractivity contribution in [3.05, 3.63) is 59.4 Å². The number of halogens is 4. The molecule has 2 amide bonds. The van der Waals surface area contributed by atoms with Gasteiger partial charge in [0.2, 0.25) is 0 Å². The van der Waals surface area contributed by atoms with Crippen LogP contribution in [0.1, 0.15) is 18.1 Å². The second kappa shape index (κ2) is 8.24. The summed E-state index contributed by atoms with van der Waals surface area (Å²) in [5.74, 6) is -0.123. The summed E-state index contributed by atoms with van der Waals surface area (Å²) in [6.45, 7) is 2.24. The van der Waals surface area contributed by atoms with Crippen LogP contribution >= 0.6 is 11.8 Å². The van der Waals surface area contributed by atoms with Gasteiger partial charge >= 0.3 is 12.2 Å². The molecule has 2 rings (SSSR count). The van der Waals surface area contributed by atoms with E-state index in [4.69, 9.17) is 0 Å². The van der Waals surface area contributed by atoms with Gasteiger partial charge in [0.15, 0.2) is 0 Å². The molecule has 2 aromatic rings. The largest absolute Gasteiger partial charge is 0.416 e. The van der Waals surface area contributed by atoms with Crippen molar-refractivity contribution in [2.75, 3.05) is 11.1 Å². The van der Waals surface area contributed by atoms with Crippen LogP contribution in [0, 0.1) is 5.82 Å². The summed E-state index contributed by atoms with van der Waals surface area (Å²) in [5, 5.41) is 4.72. The van der Waals surface area contributed by atoms with Gasteiger partial charge in [-0.1, -0.05) is 19.1 Å². The average Bonchev–Trinajstić information content (AvgIpc) is 2.53. The van der Waals surface area contributed by atoms with Gasteiger partial charge in [0.05, 0.1) is 5.56 Å². The van der Waals surface area contributed by atoms with E-state index >= 15 is 0 Å². The van der Waals surface area contributed by atoms with Gasteiger partial charge in [-0.3, -0.25) is 0 Å². The maximum atomic E-state index is 13.3. The van der Waals surface area contributed by atoms with Crippen molar-refractivity contribution in [1.29, 1.82) is 0 Å². The van der Waals surface area contributed by atoms with Crippen LogP contribution in [0.4, 0.5) is 28.0 Å². The summed E-state index contributed by atoms with van der Waals surface area (Å²) in [6, 6.07) is 8.70. The fourth-order valence-corrected chi connectivity index (χ4v) is 2.72. The Labute approximate surface area is 146 Å². The molecule has 0 aliphatic heterocycles. The van der Waals surface area contributed by atoms with Gasteiger partial charge in [-0.15, -0.1) is 11.8 Å². The molecular formula is C17H16F4N2OS. The molecule has 0 aromatic heterocycles. The van der Waals surface area contributed by atoms with Gasteiger partial charge in [0.25, 0.3) is 0 Å². The van der Waals surface area contributed by atoms with Crippen molar-refractivity contribution in [3.63, 3.8) is 0 Å². The van der Waals surface area contributed by atoms with E-state index in [0.717, 1.165) is 22.3 Å². The van der Waals surface area contributed by atoms with Crippen LogP contribution in [0.3, 0.4) is 0 Å². The third-order valence-corrected chi connectivity index (χ3v) is 4.06. The molecule has 0 atom stereocenters. The van der Waals surface area contributed by atoms with Crippen LogP contribution in [0.25, 0.3) is 0 Å². The first kappa shape index (κ1) is 19.1. The van der Waals surface area contributed by atoms with Gasteiger partial charge in [0, 0.05) is 17.1 Å².